The fourth-order valence-electron chi connectivity index (χ4n) is 2.25. The Morgan fingerprint density at radius 1 is 1.07 bits per heavy atom. The highest BCUT2D eigenvalue weighted by Crippen LogP contribution is 2.19. The van der Waals surface area contributed by atoms with Crippen LogP contribution in [-0.4, -0.2) is 43.4 Å². The number of rotatable bonds is 9. The van der Waals surface area contributed by atoms with Gasteiger partial charge in [0, 0.05) is 12.2 Å². The van der Waals surface area contributed by atoms with Crippen LogP contribution >= 0.6 is 0 Å². The molecule has 3 N–H and O–H groups in total. The molecule has 0 atom stereocenters. The maximum absolute atomic E-state index is 12.2. The van der Waals surface area contributed by atoms with Gasteiger partial charge < -0.3 is 25.1 Å². The Hall–Kier alpha value is -3.62. The minimum absolute atomic E-state index is 0.136. The Labute approximate surface area is 167 Å². The van der Waals surface area contributed by atoms with E-state index in [4.69, 9.17) is 9.15 Å². The molecule has 0 aliphatic heterocycles. The van der Waals surface area contributed by atoms with Crippen molar-refractivity contribution in [2.75, 3.05) is 25.0 Å². The number of nitrogens with one attached hydrogen (secondary N) is 3. The lowest BCUT2D eigenvalue weighted by atomic mass is 10.1. The number of amides is 3. The maximum Gasteiger partial charge on any atom is 0.338 e. The molecule has 0 radical (unpaired) electrons. The standard InChI is InChI=1S/C20H23N3O6/c1-3-8-21-17(24)11-22-18(25)12-29-20(27)14-7-6-13(2)15(10-14)23-19(26)16-5-4-9-28-16/h4-7,9-10H,3,8,11-12H2,1-2H3,(H,21,24)(H,22,25)(H,23,26). The van der Waals surface area contributed by atoms with E-state index in [2.05, 4.69) is 16.0 Å². The van der Waals surface area contributed by atoms with Crippen molar-refractivity contribution in [1.82, 2.24) is 10.6 Å². The van der Waals surface area contributed by atoms with Gasteiger partial charge in [0.25, 0.3) is 11.8 Å². The van der Waals surface area contributed by atoms with Gasteiger partial charge in [-0.1, -0.05) is 13.0 Å². The third kappa shape index (κ3) is 6.80. The molecule has 0 bridgehead atoms. The van der Waals surface area contributed by atoms with Crippen LogP contribution in [0.2, 0.25) is 0 Å². The first kappa shape index (κ1) is 21.7. The number of furan rings is 1. The first-order valence-electron chi connectivity index (χ1n) is 9.06. The maximum atomic E-state index is 12.2. The second kappa shape index (κ2) is 10.6. The minimum Gasteiger partial charge on any atom is -0.459 e. The number of hydrogen-bond acceptors (Lipinski definition) is 6. The van der Waals surface area contributed by atoms with Gasteiger partial charge in [0.2, 0.25) is 5.91 Å². The zero-order valence-electron chi connectivity index (χ0n) is 16.2. The van der Waals surface area contributed by atoms with Crippen LogP contribution in [0.5, 0.6) is 0 Å². The molecule has 9 heteroatoms. The summed E-state index contributed by atoms with van der Waals surface area (Å²) in [7, 11) is 0. The average molecular weight is 401 g/mol. The van der Waals surface area contributed by atoms with Gasteiger partial charge in [-0.3, -0.25) is 14.4 Å². The molecule has 2 rings (SSSR count). The second-order valence-corrected chi connectivity index (χ2v) is 6.16. The normalized spacial score (nSPS) is 10.1. The van der Waals surface area contributed by atoms with Gasteiger partial charge in [-0.05, 0) is 43.2 Å². The molecule has 0 saturated carbocycles. The van der Waals surface area contributed by atoms with E-state index in [1.54, 1.807) is 19.1 Å². The molecular weight excluding hydrogens is 378 g/mol. The molecule has 1 aromatic heterocycles. The third-order valence-corrected chi connectivity index (χ3v) is 3.82. The highest BCUT2D eigenvalue weighted by molar-refractivity contribution is 6.03. The first-order chi connectivity index (χ1) is 13.9. The summed E-state index contributed by atoms with van der Waals surface area (Å²) in [4.78, 5) is 47.5. The summed E-state index contributed by atoms with van der Waals surface area (Å²) >= 11 is 0. The summed E-state index contributed by atoms with van der Waals surface area (Å²) in [5.41, 5.74) is 1.31. The molecule has 9 nitrogen and oxygen atoms in total. The lowest BCUT2D eigenvalue weighted by molar-refractivity contribution is -0.127. The van der Waals surface area contributed by atoms with Crippen molar-refractivity contribution in [3.8, 4) is 0 Å². The van der Waals surface area contributed by atoms with Crippen molar-refractivity contribution < 1.29 is 28.3 Å². The smallest absolute Gasteiger partial charge is 0.338 e. The fraction of sp³-hybridized carbons (Fsp3) is 0.300. The zero-order chi connectivity index (χ0) is 21.2. The van der Waals surface area contributed by atoms with Crippen molar-refractivity contribution in [3.63, 3.8) is 0 Å². The van der Waals surface area contributed by atoms with E-state index in [-0.39, 0.29) is 23.8 Å². The Morgan fingerprint density at radius 2 is 1.86 bits per heavy atom. The minimum atomic E-state index is -0.732. The molecule has 0 saturated heterocycles. The Bertz CT molecular complexity index is 876. The summed E-state index contributed by atoms with van der Waals surface area (Å²) < 4.78 is 10.00. The van der Waals surface area contributed by atoms with Gasteiger partial charge in [0.15, 0.2) is 12.4 Å². The highest BCUT2D eigenvalue weighted by atomic mass is 16.5. The van der Waals surface area contributed by atoms with Crippen molar-refractivity contribution >= 4 is 29.4 Å². The van der Waals surface area contributed by atoms with Crippen LogP contribution in [0.4, 0.5) is 5.69 Å². The monoisotopic (exact) mass is 401 g/mol. The van der Waals surface area contributed by atoms with Crippen LogP contribution in [-0.2, 0) is 14.3 Å². The largest absolute Gasteiger partial charge is 0.459 e. The SMILES string of the molecule is CCCNC(=O)CNC(=O)COC(=O)c1ccc(C)c(NC(=O)c2ccco2)c1. The number of aryl methyl sites for hydroxylation is 1. The van der Waals surface area contributed by atoms with E-state index in [0.717, 1.165) is 12.0 Å². The van der Waals surface area contributed by atoms with E-state index in [1.807, 2.05) is 6.92 Å². The van der Waals surface area contributed by atoms with Crippen LogP contribution < -0.4 is 16.0 Å². The number of ether oxygens (including phenoxy) is 1. The van der Waals surface area contributed by atoms with Gasteiger partial charge in [0.1, 0.15) is 0 Å². The van der Waals surface area contributed by atoms with Crippen molar-refractivity contribution in [1.29, 1.82) is 0 Å². The zero-order valence-corrected chi connectivity index (χ0v) is 16.2. The van der Waals surface area contributed by atoms with Crippen LogP contribution in [0, 0.1) is 6.92 Å². The van der Waals surface area contributed by atoms with Crippen LogP contribution in [0.25, 0.3) is 0 Å². The molecule has 0 unspecified atom stereocenters. The van der Waals surface area contributed by atoms with Gasteiger partial charge in [-0.15, -0.1) is 0 Å². The van der Waals surface area contributed by atoms with Gasteiger partial charge >= 0.3 is 5.97 Å². The molecule has 154 valence electrons. The molecule has 1 aromatic carbocycles. The van der Waals surface area contributed by atoms with Crippen LogP contribution in [0.3, 0.4) is 0 Å². The number of anilines is 1. The number of carbonyl (C=O) groups excluding carboxylic acids is 4. The third-order valence-electron chi connectivity index (χ3n) is 3.82. The van der Waals surface area contributed by atoms with E-state index in [0.29, 0.717) is 12.2 Å². The van der Waals surface area contributed by atoms with Crippen LogP contribution in [0.1, 0.15) is 39.8 Å². The average Bonchev–Trinajstić information content (AvgIpc) is 3.25. The summed E-state index contributed by atoms with van der Waals surface area (Å²) in [5.74, 6) is -1.96. The molecule has 0 fully saturated rings. The lowest BCUT2D eigenvalue weighted by Gasteiger charge is -2.10. The van der Waals surface area contributed by atoms with E-state index < -0.39 is 24.4 Å². The Balaban J connectivity index is 1.88. The molecule has 29 heavy (non-hydrogen) atoms. The summed E-state index contributed by atoms with van der Waals surface area (Å²) in [6.07, 6.45) is 2.17. The summed E-state index contributed by atoms with van der Waals surface area (Å²) in [6, 6.07) is 7.73. The van der Waals surface area contributed by atoms with Crippen molar-refractivity contribution in [2.45, 2.75) is 20.3 Å². The van der Waals surface area contributed by atoms with Crippen LogP contribution in [0.15, 0.2) is 41.0 Å². The first-order valence-corrected chi connectivity index (χ1v) is 9.06. The number of hydrogen-bond donors (Lipinski definition) is 3. The molecule has 0 spiro atoms. The predicted octanol–water partition coefficient (Wildman–Crippen LogP) is 1.64. The Morgan fingerprint density at radius 3 is 2.55 bits per heavy atom. The van der Waals surface area contributed by atoms with Gasteiger partial charge in [0.05, 0.1) is 18.4 Å². The molecule has 3 amide bonds. The number of benzene rings is 1. The van der Waals surface area contributed by atoms with E-state index in [1.165, 1.54) is 24.5 Å². The molecule has 0 aliphatic carbocycles. The topological polar surface area (TPSA) is 127 Å². The fourth-order valence-corrected chi connectivity index (χ4v) is 2.25. The molecule has 1 heterocycles. The predicted molar refractivity (Wildman–Crippen MR) is 104 cm³/mol. The van der Waals surface area contributed by atoms with Crippen molar-refractivity contribution in [3.05, 3.63) is 53.5 Å². The van der Waals surface area contributed by atoms with Gasteiger partial charge in [-0.2, -0.15) is 0 Å². The van der Waals surface area contributed by atoms with E-state index in [9.17, 15) is 19.2 Å². The summed E-state index contributed by atoms with van der Waals surface area (Å²) in [6.45, 7) is 3.49. The molecule has 2 aromatic rings. The quantitative estimate of drug-likeness (QED) is 0.548. The number of esters is 1. The summed E-state index contributed by atoms with van der Waals surface area (Å²) in [5, 5.41) is 7.64. The van der Waals surface area contributed by atoms with E-state index >= 15 is 0 Å². The highest BCUT2D eigenvalue weighted by Gasteiger charge is 2.15. The van der Waals surface area contributed by atoms with Gasteiger partial charge in [-0.25, -0.2) is 4.79 Å². The molecule has 0 aliphatic rings. The second-order valence-electron chi connectivity index (χ2n) is 6.16. The number of carbonyl (C=O) groups is 4. The lowest BCUT2D eigenvalue weighted by Crippen LogP contribution is -2.38. The van der Waals surface area contributed by atoms with Crippen molar-refractivity contribution in [2.24, 2.45) is 0 Å². The molecular formula is C20H23N3O6. The Kier molecular flexibility index (Phi) is 7.96.